The van der Waals surface area contributed by atoms with E-state index in [4.69, 9.17) is 4.42 Å². The van der Waals surface area contributed by atoms with Gasteiger partial charge in [-0.25, -0.2) is 9.37 Å². The molecule has 0 aliphatic heterocycles. The number of carbonyl (C=O) groups is 1. The average Bonchev–Trinajstić information content (AvgIpc) is 3.20. The molecular formula is C19H23FN2O2. The Morgan fingerprint density at radius 3 is 2.54 bits per heavy atom. The fraction of sp³-hybridized carbons (Fsp3) is 0.474. The van der Waals surface area contributed by atoms with Crippen LogP contribution in [0.3, 0.4) is 0 Å². The molecule has 0 atom stereocenters. The smallest absolute Gasteiger partial charge is 0.289 e. The van der Waals surface area contributed by atoms with Gasteiger partial charge in [0.2, 0.25) is 5.76 Å². The lowest BCUT2D eigenvalue weighted by atomic mass is 9.79. The number of hydrogen-bond donors (Lipinski definition) is 1. The monoisotopic (exact) mass is 330 g/mol. The first-order chi connectivity index (χ1) is 11.5. The van der Waals surface area contributed by atoms with E-state index in [2.05, 4.69) is 10.3 Å². The molecule has 0 unspecified atom stereocenters. The van der Waals surface area contributed by atoms with Gasteiger partial charge in [-0.15, -0.1) is 0 Å². The molecule has 0 saturated heterocycles. The Bertz CT molecular complexity index is 715. The molecule has 1 fully saturated rings. The molecular weight excluding hydrogens is 307 g/mol. The minimum absolute atomic E-state index is 0.120. The van der Waals surface area contributed by atoms with Crippen LogP contribution in [0.1, 0.15) is 60.3 Å². The minimum Gasteiger partial charge on any atom is -0.435 e. The Labute approximate surface area is 141 Å². The summed E-state index contributed by atoms with van der Waals surface area (Å²) in [5.74, 6) is 0.402. The van der Waals surface area contributed by atoms with E-state index in [9.17, 15) is 9.18 Å². The summed E-state index contributed by atoms with van der Waals surface area (Å²) in [6.45, 7) is 4.25. The van der Waals surface area contributed by atoms with Gasteiger partial charge in [-0.2, -0.15) is 0 Å². The number of nitrogens with one attached hydrogen (secondary N) is 1. The number of hydrogen-bond acceptors (Lipinski definition) is 3. The van der Waals surface area contributed by atoms with E-state index in [1.165, 1.54) is 12.1 Å². The molecule has 1 aromatic carbocycles. The SMILES string of the molecule is CCc1nc(C)c(C(=O)NCC2(c3ccc(F)cc3)CCCC2)o1. The van der Waals surface area contributed by atoms with Crippen molar-refractivity contribution in [2.24, 2.45) is 0 Å². The van der Waals surface area contributed by atoms with Crippen LogP contribution in [0.2, 0.25) is 0 Å². The zero-order valence-electron chi connectivity index (χ0n) is 14.2. The van der Waals surface area contributed by atoms with Crippen LogP contribution in [0.15, 0.2) is 28.7 Å². The molecule has 1 aromatic heterocycles. The predicted octanol–water partition coefficient (Wildman–Crippen LogP) is 3.93. The van der Waals surface area contributed by atoms with Crippen LogP contribution in [-0.4, -0.2) is 17.4 Å². The summed E-state index contributed by atoms with van der Waals surface area (Å²) >= 11 is 0. The van der Waals surface area contributed by atoms with Gasteiger partial charge >= 0.3 is 0 Å². The van der Waals surface area contributed by atoms with Crippen molar-refractivity contribution in [2.45, 2.75) is 51.4 Å². The molecule has 24 heavy (non-hydrogen) atoms. The Hall–Kier alpha value is -2.17. The Morgan fingerprint density at radius 2 is 1.96 bits per heavy atom. The lowest BCUT2D eigenvalue weighted by Crippen LogP contribution is -2.39. The predicted molar refractivity (Wildman–Crippen MR) is 89.5 cm³/mol. The number of aryl methyl sites for hydroxylation is 2. The Kier molecular flexibility index (Phi) is 4.69. The Balaban J connectivity index is 1.75. The zero-order valence-corrected chi connectivity index (χ0v) is 14.2. The molecule has 2 aromatic rings. The first kappa shape index (κ1) is 16.7. The van der Waals surface area contributed by atoms with Gasteiger partial charge in [0.15, 0.2) is 5.89 Å². The van der Waals surface area contributed by atoms with E-state index < -0.39 is 0 Å². The number of halogens is 1. The van der Waals surface area contributed by atoms with E-state index in [1.807, 2.05) is 19.1 Å². The van der Waals surface area contributed by atoms with Crippen LogP contribution in [0, 0.1) is 12.7 Å². The van der Waals surface area contributed by atoms with Crippen LogP contribution in [0.5, 0.6) is 0 Å². The van der Waals surface area contributed by atoms with Crippen LogP contribution in [0.4, 0.5) is 4.39 Å². The lowest BCUT2D eigenvalue weighted by molar-refractivity contribution is 0.0912. The van der Waals surface area contributed by atoms with Crippen molar-refractivity contribution in [3.8, 4) is 0 Å². The summed E-state index contributed by atoms with van der Waals surface area (Å²) in [4.78, 5) is 16.7. The van der Waals surface area contributed by atoms with Crippen LogP contribution in [0.25, 0.3) is 0 Å². The first-order valence-corrected chi connectivity index (χ1v) is 8.54. The number of benzene rings is 1. The number of nitrogens with zero attached hydrogens (tertiary/aromatic N) is 1. The van der Waals surface area contributed by atoms with Crippen molar-refractivity contribution >= 4 is 5.91 Å². The molecule has 3 rings (SSSR count). The lowest BCUT2D eigenvalue weighted by Gasteiger charge is -2.30. The number of carbonyl (C=O) groups excluding carboxylic acids is 1. The molecule has 4 nitrogen and oxygen atoms in total. The highest BCUT2D eigenvalue weighted by Crippen LogP contribution is 2.40. The maximum atomic E-state index is 13.2. The second-order valence-electron chi connectivity index (χ2n) is 6.55. The quantitative estimate of drug-likeness (QED) is 0.904. The molecule has 1 heterocycles. The van der Waals surface area contributed by atoms with Crippen LogP contribution < -0.4 is 5.32 Å². The average molecular weight is 330 g/mol. The fourth-order valence-corrected chi connectivity index (χ4v) is 3.57. The van der Waals surface area contributed by atoms with Crippen molar-refractivity contribution in [2.75, 3.05) is 6.54 Å². The summed E-state index contributed by atoms with van der Waals surface area (Å²) in [7, 11) is 0. The third-order valence-corrected chi connectivity index (χ3v) is 4.95. The molecule has 1 aliphatic carbocycles. The zero-order chi connectivity index (χ0) is 17.2. The summed E-state index contributed by atoms with van der Waals surface area (Å²) in [5.41, 5.74) is 1.59. The molecule has 1 saturated carbocycles. The largest absolute Gasteiger partial charge is 0.435 e. The highest BCUT2D eigenvalue weighted by atomic mass is 19.1. The van der Waals surface area contributed by atoms with E-state index >= 15 is 0 Å². The van der Waals surface area contributed by atoms with Crippen molar-refractivity contribution < 1.29 is 13.6 Å². The van der Waals surface area contributed by atoms with Crippen molar-refractivity contribution in [1.29, 1.82) is 0 Å². The highest BCUT2D eigenvalue weighted by Gasteiger charge is 2.36. The second kappa shape index (κ2) is 6.75. The molecule has 0 spiro atoms. The van der Waals surface area contributed by atoms with Crippen molar-refractivity contribution in [3.05, 3.63) is 53.0 Å². The fourth-order valence-electron chi connectivity index (χ4n) is 3.57. The van der Waals surface area contributed by atoms with E-state index in [0.717, 1.165) is 31.2 Å². The van der Waals surface area contributed by atoms with Gasteiger partial charge in [0.05, 0.1) is 5.69 Å². The van der Waals surface area contributed by atoms with Crippen molar-refractivity contribution in [3.63, 3.8) is 0 Å². The normalized spacial score (nSPS) is 16.3. The first-order valence-electron chi connectivity index (χ1n) is 8.54. The maximum Gasteiger partial charge on any atom is 0.289 e. The molecule has 0 radical (unpaired) electrons. The van der Waals surface area contributed by atoms with Crippen LogP contribution in [-0.2, 0) is 11.8 Å². The summed E-state index contributed by atoms with van der Waals surface area (Å²) in [6.07, 6.45) is 4.89. The van der Waals surface area contributed by atoms with Gasteiger partial charge in [-0.1, -0.05) is 31.9 Å². The van der Waals surface area contributed by atoms with Gasteiger partial charge < -0.3 is 9.73 Å². The molecule has 5 heteroatoms. The number of aromatic nitrogens is 1. The number of rotatable bonds is 5. The standard InChI is InChI=1S/C19H23FN2O2/c1-3-16-22-13(2)17(24-16)18(23)21-12-19(10-4-5-11-19)14-6-8-15(20)9-7-14/h6-9H,3-5,10-12H2,1-2H3,(H,21,23). The van der Waals surface area contributed by atoms with E-state index in [-0.39, 0.29) is 17.1 Å². The third-order valence-electron chi connectivity index (χ3n) is 4.95. The molecule has 1 N–H and O–H groups in total. The second-order valence-corrected chi connectivity index (χ2v) is 6.55. The molecule has 1 aliphatic rings. The highest BCUT2D eigenvalue weighted by molar-refractivity contribution is 5.92. The number of oxazole rings is 1. The molecule has 0 bridgehead atoms. The summed E-state index contributed by atoms with van der Waals surface area (Å²) in [5, 5.41) is 3.01. The minimum atomic E-state index is -0.236. The van der Waals surface area contributed by atoms with Gasteiger partial charge in [0.1, 0.15) is 5.82 Å². The van der Waals surface area contributed by atoms with Gasteiger partial charge in [-0.05, 0) is 37.5 Å². The van der Waals surface area contributed by atoms with Gasteiger partial charge in [-0.3, -0.25) is 4.79 Å². The summed E-state index contributed by atoms with van der Waals surface area (Å²) < 4.78 is 18.7. The van der Waals surface area contributed by atoms with E-state index in [0.29, 0.717) is 30.3 Å². The third kappa shape index (κ3) is 3.21. The molecule has 128 valence electrons. The van der Waals surface area contributed by atoms with Gasteiger partial charge in [0, 0.05) is 18.4 Å². The topological polar surface area (TPSA) is 55.1 Å². The van der Waals surface area contributed by atoms with Crippen LogP contribution >= 0.6 is 0 Å². The maximum absolute atomic E-state index is 13.2. The van der Waals surface area contributed by atoms with E-state index in [1.54, 1.807) is 6.92 Å². The number of amides is 1. The van der Waals surface area contributed by atoms with Crippen molar-refractivity contribution in [1.82, 2.24) is 10.3 Å². The summed E-state index contributed by atoms with van der Waals surface area (Å²) in [6, 6.07) is 6.65. The Morgan fingerprint density at radius 1 is 1.29 bits per heavy atom. The molecule has 1 amide bonds. The van der Waals surface area contributed by atoms with Gasteiger partial charge in [0.25, 0.3) is 5.91 Å².